The standard InChI is InChI=1S/C40H34O6/c1-3-25-43-31-19-13-29(14-20-31)39(41)45-35-23-17-27-9-5-7-11-33(27)37(35)38-34-12-8-6-10-28(34)18-24-36(38)46-40(42)30-15-21-32(22-16-30)44-26-4-2/h5-24H,3-4,25-26H2,1-2H3. The Morgan fingerprint density at radius 2 is 0.870 bits per heavy atom. The molecule has 6 aromatic carbocycles. The monoisotopic (exact) mass is 610 g/mol. The Balaban J connectivity index is 1.43. The first-order valence-electron chi connectivity index (χ1n) is 15.5. The largest absolute Gasteiger partial charge is 0.494 e. The zero-order valence-electron chi connectivity index (χ0n) is 25.8. The van der Waals surface area contributed by atoms with Gasteiger partial charge in [-0.25, -0.2) is 9.59 Å². The van der Waals surface area contributed by atoms with E-state index in [1.165, 1.54) is 0 Å². The summed E-state index contributed by atoms with van der Waals surface area (Å²) in [5.74, 6) is 1.05. The summed E-state index contributed by atoms with van der Waals surface area (Å²) in [5, 5.41) is 3.59. The van der Waals surface area contributed by atoms with Crippen LogP contribution in [0.3, 0.4) is 0 Å². The lowest BCUT2D eigenvalue weighted by Gasteiger charge is -2.19. The van der Waals surface area contributed by atoms with Crippen molar-refractivity contribution in [2.75, 3.05) is 13.2 Å². The van der Waals surface area contributed by atoms with E-state index >= 15 is 0 Å². The van der Waals surface area contributed by atoms with Gasteiger partial charge in [0.2, 0.25) is 0 Å². The molecular formula is C40H34O6. The lowest BCUT2D eigenvalue weighted by molar-refractivity contribution is 0.0723. The molecule has 46 heavy (non-hydrogen) atoms. The second kappa shape index (κ2) is 14.0. The molecule has 0 unspecified atom stereocenters. The summed E-state index contributed by atoms with van der Waals surface area (Å²) < 4.78 is 23.6. The van der Waals surface area contributed by atoms with Crippen LogP contribution in [0.15, 0.2) is 121 Å². The molecule has 6 rings (SSSR count). The Morgan fingerprint density at radius 1 is 0.478 bits per heavy atom. The number of fused-ring (bicyclic) bond motifs is 2. The van der Waals surface area contributed by atoms with Crippen LogP contribution in [0.1, 0.15) is 47.4 Å². The molecule has 0 saturated carbocycles. The third kappa shape index (κ3) is 6.57. The van der Waals surface area contributed by atoms with Crippen LogP contribution in [0.2, 0.25) is 0 Å². The maximum atomic E-state index is 13.5. The Morgan fingerprint density at radius 3 is 1.26 bits per heavy atom. The van der Waals surface area contributed by atoms with E-state index in [2.05, 4.69) is 0 Å². The highest BCUT2D eigenvalue weighted by Gasteiger charge is 2.23. The average Bonchev–Trinajstić information content (AvgIpc) is 3.10. The molecule has 6 heteroatoms. The maximum absolute atomic E-state index is 13.5. The maximum Gasteiger partial charge on any atom is 0.343 e. The number of ether oxygens (including phenoxy) is 4. The Labute approximate surface area is 268 Å². The molecule has 0 spiro atoms. The fourth-order valence-corrected chi connectivity index (χ4v) is 5.32. The first-order chi connectivity index (χ1) is 22.6. The van der Waals surface area contributed by atoms with Crippen molar-refractivity contribution in [3.63, 3.8) is 0 Å². The van der Waals surface area contributed by atoms with E-state index in [1.807, 2.05) is 74.5 Å². The summed E-state index contributed by atoms with van der Waals surface area (Å²) in [6.07, 6.45) is 1.78. The zero-order valence-corrected chi connectivity index (χ0v) is 25.8. The molecule has 0 aliphatic rings. The molecule has 0 fully saturated rings. The summed E-state index contributed by atoms with van der Waals surface area (Å²) in [6, 6.07) is 37.0. The smallest absolute Gasteiger partial charge is 0.343 e. The van der Waals surface area contributed by atoms with Crippen molar-refractivity contribution in [2.24, 2.45) is 0 Å². The molecule has 0 aromatic heterocycles. The van der Waals surface area contributed by atoms with Crippen LogP contribution in [0.4, 0.5) is 0 Å². The predicted octanol–water partition coefficient (Wildman–Crippen LogP) is 9.68. The van der Waals surface area contributed by atoms with Gasteiger partial charge in [-0.1, -0.05) is 74.5 Å². The molecule has 0 aliphatic heterocycles. The fourth-order valence-electron chi connectivity index (χ4n) is 5.32. The molecular weight excluding hydrogens is 576 g/mol. The highest BCUT2D eigenvalue weighted by Crippen LogP contribution is 2.46. The van der Waals surface area contributed by atoms with Crippen LogP contribution >= 0.6 is 0 Å². The second-order valence-corrected chi connectivity index (χ2v) is 10.8. The Hall–Kier alpha value is -5.62. The molecule has 6 nitrogen and oxygen atoms in total. The van der Waals surface area contributed by atoms with E-state index in [9.17, 15) is 9.59 Å². The molecule has 0 radical (unpaired) electrons. The lowest BCUT2D eigenvalue weighted by Crippen LogP contribution is -2.11. The summed E-state index contributed by atoms with van der Waals surface area (Å²) in [6.45, 7) is 5.27. The van der Waals surface area contributed by atoms with E-state index in [0.29, 0.717) is 58.5 Å². The van der Waals surface area contributed by atoms with E-state index in [1.54, 1.807) is 60.7 Å². The van der Waals surface area contributed by atoms with Crippen molar-refractivity contribution in [3.05, 3.63) is 132 Å². The van der Waals surface area contributed by atoms with E-state index in [4.69, 9.17) is 18.9 Å². The van der Waals surface area contributed by atoms with E-state index in [0.717, 1.165) is 34.4 Å². The summed E-state index contributed by atoms with van der Waals surface area (Å²) in [5.41, 5.74) is 2.08. The summed E-state index contributed by atoms with van der Waals surface area (Å²) in [7, 11) is 0. The van der Waals surface area contributed by atoms with Gasteiger partial charge in [0.05, 0.1) is 24.3 Å². The Kier molecular flexibility index (Phi) is 9.25. The molecule has 230 valence electrons. The Bertz CT molecular complexity index is 1850. The van der Waals surface area contributed by atoms with Crippen LogP contribution < -0.4 is 18.9 Å². The van der Waals surface area contributed by atoms with Crippen molar-refractivity contribution in [1.82, 2.24) is 0 Å². The van der Waals surface area contributed by atoms with Gasteiger partial charge in [0.25, 0.3) is 0 Å². The number of hydrogen-bond donors (Lipinski definition) is 0. The number of benzene rings is 6. The van der Waals surface area contributed by atoms with Gasteiger partial charge < -0.3 is 18.9 Å². The molecule has 0 heterocycles. The molecule has 6 aromatic rings. The van der Waals surface area contributed by atoms with Gasteiger partial charge in [-0.3, -0.25) is 0 Å². The highest BCUT2D eigenvalue weighted by molar-refractivity contribution is 6.11. The van der Waals surface area contributed by atoms with Gasteiger partial charge in [0, 0.05) is 11.1 Å². The van der Waals surface area contributed by atoms with Gasteiger partial charge in [-0.15, -0.1) is 0 Å². The van der Waals surface area contributed by atoms with Crippen LogP contribution in [-0.4, -0.2) is 25.2 Å². The lowest BCUT2D eigenvalue weighted by atomic mass is 9.92. The topological polar surface area (TPSA) is 71.1 Å². The van der Waals surface area contributed by atoms with E-state index in [-0.39, 0.29) is 0 Å². The highest BCUT2D eigenvalue weighted by atomic mass is 16.5. The molecule has 0 aliphatic carbocycles. The molecule has 0 saturated heterocycles. The minimum Gasteiger partial charge on any atom is -0.494 e. The number of carbonyl (C=O) groups is 2. The van der Waals surface area contributed by atoms with Gasteiger partial charge in [-0.2, -0.15) is 0 Å². The van der Waals surface area contributed by atoms with E-state index < -0.39 is 11.9 Å². The van der Waals surface area contributed by atoms with Crippen molar-refractivity contribution >= 4 is 33.5 Å². The average molecular weight is 611 g/mol. The molecule has 0 atom stereocenters. The normalized spacial score (nSPS) is 10.9. The third-order valence-corrected chi connectivity index (χ3v) is 7.56. The summed E-state index contributed by atoms with van der Waals surface area (Å²) in [4.78, 5) is 27.0. The third-order valence-electron chi connectivity index (χ3n) is 7.56. The second-order valence-electron chi connectivity index (χ2n) is 10.8. The summed E-state index contributed by atoms with van der Waals surface area (Å²) >= 11 is 0. The van der Waals surface area contributed by atoms with Crippen molar-refractivity contribution < 1.29 is 28.5 Å². The van der Waals surface area contributed by atoms with Gasteiger partial charge >= 0.3 is 11.9 Å². The molecule has 0 bridgehead atoms. The SMILES string of the molecule is CCCOc1ccc(C(=O)Oc2ccc3ccccc3c2-c2c(OC(=O)c3ccc(OCCC)cc3)ccc3ccccc23)cc1. The minimum atomic E-state index is -0.511. The first-order valence-corrected chi connectivity index (χ1v) is 15.5. The molecule has 0 N–H and O–H groups in total. The van der Waals surface area contributed by atoms with Crippen LogP contribution in [0, 0.1) is 0 Å². The van der Waals surface area contributed by atoms with Crippen LogP contribution in [0.25, 0.3) is 32.7 Å². The fraction of sp³-hybridized carbons (Fsp3) is 0.150. The minimum absolute atomic E-state index is 0.348. The first kappa shape index (κ1) is 30.4. The van der Waals surface area contributed by atoms with Crippen molar-refractivity contribution in [3.8, 4) is 34.1 Å². The van der Waals surface area contributed by atoms with Crippen molar-refractivity contribution in [1.29, 1.82) is 0 Å². The number of rotatable bonds is 11. The quantitative estimate of drug-likeness (QED) is 0.107. The number of hydrogen-bond acceptors (Lipinski definition) is 6. The number of carbonyl (C=O) groups excluding carboxylic acids is 2. The zero-order chi connectivity index (χ0) is 31.9. The van der Waals surface area contributed by atoms with Crippen molar-refractivity contribution in [2.45, 2.75) is 26.7 Å². The van der Waals surface area contributed by atoms with Gasteiger partial charge in [0.15, 0.2) is 0 Å². The van der Waals surface area contributed by atoms with Crippen LogP contribution in [0.5, 0.6) is 23.0 Å². The molecule has 0 amide bonds. The van der Waals surface area contributed by atoms with Gasteiger partial charge in [0.1, 0.15) is 23.0 Å². The van der Waals surface area contributed by atoms with Gasteiger partial charge in [-0.05, 0) is 95.1 Å². The predicted molar refractivity (Wildman–Crippen MR) is 181 cm³/mol. The van der Waals surface area contributed by atoms with Crippen LogP contribution in [-0.2, 0) is 0 Å². The number of esters is 2.